The third-order valence-electron chi connectivity index (χ3n) is 6.12. The Kier molecular flexibility index (Phi) is 9.06. The number of amides is 3. The average molecular weight is 717 g/mol. The summed E-state index contributed by atoms with van der Waals surface area (Å²) in [6.45, 7) is -0.811. The molecule has 0 radical (unpaired) electrons. The zero-order valence-corrected chi connectivity index (χ0v) is 26.4. The highest BCUT2D eigenvalue weighted by molar-refractivity contribution is 7.12. The van der Waals surface area contributed by atoms with Gasteiger partial charge in [0.15, 0.2) is 5.78 Å². The van der Waals surface area contributed by atoms with E-state index in [0.29, 0.717) is 14.9 Å². The van der Waals surface area contributed by atoms with Gasteiger partial charge in [0.25, 0.3) is 17.7 Å². The van der Waals surface area contributed by atoms with E-state index in [2.05, 4.69) is 0 Å². The molecule has 3 aromatic carbocycles. The molecule has 0 saturated carbocycles. The van der Waals surface area contributed by atoms with Gasteiger partial charge in [0.2, 0.25) is 0 Å². The number of benzene rings is 3. The third-order valence-corrected chi connectivity index (χ3v) is 9.32. The van der Waals surface area contributed by atoms with Crippen molar-refractivity contribution in [1.29, 1.82) is 0 Å². The minimum Gasteiger partial charge on any atom is -0.422 e. The lowest BCUT2D eigenvalue weighted by atomic mass is 10.1. The van der Waals surface area contributed by atoms with Crippen molar-refractivity contribution in [1.82, 2.24) is 10.0 Å². The van der Waals surface area contributed by atoms with Crippen LogP contribution >= 0.6 is 80.9 Å². The summed E-state index contributed by atoms with van der Waals surface area (Å²) in [4.78, 5) is 67.0. The molecule has 0 atom stereocenters. The molecule has 1 aliphatic rings. The number of ether oxygens (including phenoxy) is 1. The van der Waals surface area contributed by atoms with Gasteiger partial charge in [-0.3, -0.25) is 19.2 Å². The highest BCUT2D eigenvalue weighted by atomic mass is 35.5. The minimum atomic E-state index is -1.08. The Bertz CT molecular complexity index is 1800. The average Bonchev–Trinajstić information content (AvgIpc) is 3.60. The Morgan fingerprint density at radius 2 is 1.40 bits per heavy atom. The summed E-state index contributed by atoms with van der Waals surface area (Å²) in [5.74, 6) is -4.25. The van der Waals surface area contributed by atoms with Crippen LogP contribution in [0.4, 0.5) is 0 Å². The quantitative estimate of drug-likeness (QED) is 0.0476. The van der Waals surface area contributed by atoms with Crippen LogP contribution in [0.5, 0.6) is 5.75 Å². The normalized spacial score (nSPS) is 12.4. The first-order valence-corrected chi connectivity index (χ1v) is 15.0. The molecule has 0 N–H and O–H groups in total. The van der Waals surface area contributed by atoms with Crippen LogP contribution in [0.3, 0.4) is 0 Å². The van der Waals surface area contributed by atoms with Crippen molar-refractivity contribution in [3.8, 4) is 5.75 Å². The first-order chi connectivity index (χ1) is 20.4. The molecule has 1 aromatic heterocycles. The van der Waals surface area contributed by atoms with E-state index in [1.807, 2.05) is 0 Å². The molecule has 218 valence electrons. The first-order valence-electron chi connectivity index (χ1n) is 11.8. The van der Waals surface area contributed by atoms with Crippen molar-refractivity contribution in [3.05, 3.63) is 117 Å². The molecule has 0 aliphatic carbocycles. The lowest BCUT2D eigenvalue weighted by molar-refractivity contribution is 0.00532. The third kappa shape index (κ3) is 5.86. The van der Waals surface area contributed by atoms with E-state index in [4.69, 9.17) is 74.3 Å². The molecule has 5 rings (SSSR count). The van der Waals surface area contributed by atoms with Crippen LogP contribution in [0.25, 0.3) is 0 Å². The molecule has 0 spiro atoms. The number of halogens is 6. The maximum absolute atomic E-state index is 13.8. The predicted molar refractivity (Wildman–Crippen MR) is 165 cm³/mol. The summed E-state index contributed by atoms with van der Waals surface area (Å²) in [5, 5.41) is 1.61. The van der Waals surface area contributed by atoms with E-state index >= 15 is 0 Å². The fourth-order valence-corrected chi connectivity index (χ4v) is 6.18. The molecular formula is C28H12Cl6N2O6S. The van der Waals surface area contributed by atoms with Crippen molar-refractivity contribution >= 4 is 110 Å². The highest BCUT2D eigenvalue weighted by Gasteiger charge is 2.46. The Hall–Kier alpha value is -3.15. The number of Topliss-reactive ketones (excluding diaryl/α,β-unsaturated/α-hetero) is 1. The molecular weight excluding hydrogens is 705 g/mol. The second-order valence-corrected chi connectivity index (χ2v) is 12.0. The van der Waals surface area contributed by atoms with E-state index in [1.165, 1.54) is 53.8 Å². The minimum absolute atomic E-state index is 0.0645. The summed E-state index contributed by atoms with van der Waals surface area (Å²) in [7, 11) is 0. The molecule has 0 saturated heterocycles. The molecule has 4 aromatic rings. The van der Waals surface area contributed by atoms with Gasteiger partial charge in [-0.2, -0.15) is 5.01 Å². The van der Waals surface area contributed by atoms with Crippen molar-refractivity contribution < 1.29 is 28.7 Å². The maximum atomic E-state index is 13.8. The van der Waals surface area contributed by atoms with E-state index in [1.54, 1.807) is 17.5 Å². The summed E-state index contributed by atoms with van der Waals surface area (Å²) >= 11 is 38.2. The topological polar surface area (TPSA) is 101 Å². The van der Waals surface area contributed by atoms with Gasteiger partial charge in [0, 0.05) is 10.6 Å². The van der Waals surface area contributed by atoms with Gasteiger partial charge in [-0.15, -0.1) is 11.3 Å². The van der Waals surface area contributed by atoms with E-state index < -0.39 is 47.1 Å². The van der Waals surface area contributed by atoms with E-state index in [9.17, 15) is 24.0 Å². The number of ketones is 1. The Balaban J connectivity index is 1.49. The number of carbonyl (C=O) groups is 5. The summed E-state index contributed by atoms with van der Waals surface area (Å²) in [6, 6.07) is 12.7. The molecule has 15 heteroatoms. The van der Waals surface area contributed by atoms with Crippen LogP contribution in [0.2, 0.25) is 30.1 Å². The fraction of sp³-hybridized carbons (Fsp3) is 0.0357. The number of esters is 1. The maximum Gasteiger partial charge on any atom is 0.353 e. The number of nitrogens with zero attached hydrogens (tertiary/aromatic N) is 2. The summed E-state index contributed by atoms with van der Waals surface area (Å²) < 4.78 is 5.31. The number of fused-ring (bicyclic) bond motifs is 1. The van der Waals surface area contributed by atoms with Gasteiger partial charge >= 0.3 is 5.97 Å². The number of rotatable bonds is 7. The van der Waals surface area contributed by atoms with Gasteiger partial charge in [0.05, 0.1) is 41.8 Å². The summed E-state index contributed by atoms with van der Waals surface area (Å²) in [6.07, 6.45) is 0. The highest BCUT2D eigenvalue weighted by Crippen LogP contribution is 2.45. The number of hydrogen-bond acceptors (Lipinski definition) is 7. The molecule has 0 bridgehead atoms. The van der Waals surface area contributed by atoms with Crippen LogP contribution in [-0.2, 0) is 0 Å². The van der Waals surface area contributed by atoms with Crippen molar-refractivity contribution in [2.75, 3.05) is 6.54 Å². The summed E-state index contributed by atoms with van der Waals surface area (Å²) in [5.41, 5.74) is -0.889. The Morgan fingerprint density at radius 3 is 1.93 bits per heavy atom. The number of carbonyl (C=O) groups excluding carboxylic acids is 5. The predicted octanol–water partition coefficient (Wildman–Crippen LogP) is 8.42. The van der Waals surface area contributed by atoms with Crippen molar-refractivity contribution in [3.63, 3.8) is 0 Å². The Labute approximate surface area is 277 Å². The van der Waals surface area contributed by atoms with Crippen molar-refractivity contribution in [2.45, 2.75) is 0 Å². The number of imide groups is 1. The molecule has 0 fully saturated rings. The number of hydrazine groups is 1. The second-order valence-electron chi connectivity index (χ2n) is 8.73. The molecule has 2 heterocycles. The number of thiophene rings is 1. The van der Waals surface area contributed by atoms with Crippen LogP contribution in [0, 0.1) is 0 Å². The molecule has 43 heavy (non-hydrogen) atoms. The first kappa shape index (κ1) is 31.3. The smallest absolute Gasteiger partial charge is 0.353 e. The SMILES string of the molecule is O=C(CN(C(=O)c1ccc(Cl)cc1Cl)N1C(=O)c2c(Cl)c(Cl)c(Cl)c(Cl)c2C1=O)c1ccc(OC(=O)c2cccs2)cc1. The molecule has 0 unspecified atom stereocenters. The monoisotopic (exact) mass is 714 g/mol. The van der Waals surface area contributed by atoms with Gasteiger partial charge in [-0.1, -0.05) is 75.7 Å². The van der Waals surface area contributed by atoms with Gasteiger partial charge in [-0.25, -0.2) is 9.80 Å². The Morgan fingerprint density at radius 1 is 0.791 bits per heavy atom. The van der Waals surface area contributed by atoms with Gasteiger partial charge < -0.3 is 4.74 Å². The lowest BCUT2D eigenvalue weighted by Gasteiger charge is -2.29. The van der Waals surface area contributed by atoms with Gasteiger partial charge in [-0.05, 0) is 53.9 Å². The standard InChI is InChI=1S/C28H12Cl6N2O6S/c29-13-5-8-15(16(30)10-13)25(38)35(36-26(39)19-20(27(36)40)22(32)24(34)23(33)21(19)31)11-17(37)12-3-6-14(7-4-12)42-28(41)18-2-1-9-43-18/h1-10H,11H2. The van der Waals surface area contributed by atoms with E-state index in [0.717, 1.165) is 0 Å². The lowest BCUT2D eigenvalue weighted by Crippen LogP contribution is -2.51. The van der Waals surface area contributed by atoms with Crippen LogP contribution < -0.4 is 4.74 Å². The largest absolute Gasteiger partial charge is 0.422 e. The zero-order chi connectivity index (χ0) is 31.2. The second kappa shape index (κ2) is 12.5. The molecule has 8 nitrogen and oxygen atoms in total. The van der Waals surface area contributed by atoms with Crippen LogP contribution in [-0.4, -0.2) is 46.0 Å². The number of hydrogen-bond donors (Lipinski definition) is 0. The molecule has 1 aliphatic heterocycles. The zero-order valence-electron chi connectivity index (χ0n) is 21.0. The molecule has 3 amide bonds. The van der Waals surface area contributed by atoms with Crippen molar-refractivity contribution in [2.24, 2.45) is 0 Å². The van der Waals surface area contributed by atoms with Crippen LogP contribution in [0.1, 0.15) is 51.1 Å². The van der Waals surface area contributed by atoms with E-state index in [-0.39, 0.29) is 47.0 Å². The van der Waals surface area contributed by atoms with Gasteiger partial charge in [0.1, 0.15) is 17.2 Å². The fourth-order valence-electron chi connectivity index (χ4n) is 4.08. The van der Waals surface area contributed by atoms with Crippen LogP contribution in [0.15, 0.2) is 60.0 Å².